The van der Waals surface area contributed by atoms with Gasteiger partial charge in [0.1, 0.15) is 30.1 Å². The predicted octanol–water partition coefficient (Wildman–Crippen LogP) is 6.22. The van der Waals surface area contributed by atoms with Crippen molar-refractivity contribution in [2.24, 2.45) is 35.5 Å². The van der Waals surface area contributed by atoms with Crippen LogP contribution in [-0.4, -0.2) is 147 Å². The van der Waals surface area contributed by atoms with Gasteiger partial charge < -0.3 is 48.3 Å². The number of amides is 1. The van der Waals surface area contributed by atoms with Crippen molar-refractivity contribution in [2.75, 3.05) is 47.7 Å². The van der Waals surface area contributed by atoms with Gasteiger partial charge in [0.15, 0.2) is 5.78 Å². The maximum Gasteiger partial charge on any atom is 0.329 e. The van der Waals surface area contributed by atoms with Crippen molar-refractivity contribution in [2.45, 2.75) is 173 Å². The Morgan fingerprint density at radius 3 is 2.29 bits per heavy atom. The second kappa shape index (κ2) is 26.2. The fourth-order valence-corrected chi connectivity index (χ4v) is 11.4. The number of hydrogen-bond acceptors (Lipinski definition) is 14. The van der Waals surface area contributed by atoms with Gasteiger partial charge in [0, 0.05) is 71.5 Å². The molecule has 5 rings (SSSR count). The number of ether oxygens (including phenoxy) is 7. The van der Waals surface area contributed by atoms with Crippen LogP contribution in [0.5, 0.6) is 0 Å². The van der Waals surface area contributed by atoms with E-state index in [2.05, 4.69) is 6.92 Å². The van der Waals surface area contributed by atoms with Gasteiger partial charge in [-0.05, 0) is 107 Å². The molecule has 4 aliphatic heterocycles. The van der Waals surface area contributed by atoms with Crippen LogP contribution in [0, 0.1) is 35.5 Å². The largest absolute Gasteiger partial charge is 0.460 e. The highest BCUT2D eigenvalue weighted by molar-refractivity contribution is 6.39. The lowest BCUT2D eigenvalue weighted by molar-refractivity contribution is -0.266. The number of methoxy groups -OCH3 is 3. The summed E-state index contributed by atoms with van der Waals surface area (Å²) in [6, 6.07) is -1.11. The van der Waals surface area contributed by atoms with Crippen LogP contribution in [0.15, 0.2) is 47.6 Å². The molecular weight excluding hydrogens is 875 g/mol. The van der Waals surface area contributed by atoms with Crippen LogP contribution in [0.3, 0.4) is 0 Å². The second-order valence-electron chi connectivity index (χ2n) is 20.0. The standard InChI is InChI=1S/C53H81NO14/c1-10-65-48-34(4)18-21-38(56)30-44-41(28-37-20-23-42(66-26-25-55)45(29-37)63-8)40-17-14-24-54(46(40)52(60)67-44)51(59)50(58)53(61)36(6)19-22-39(68-53)31-43(62-7)33(3)16-13-11-12-15-32(2)27-35(5)47(57)49(48)64-9/h11-13,15-16,18,32,35-37,39-46,48-49,55,61H,10,14,17,19-31H2,1-9H3/b13-11+,15-12+,33-16?,34-18+/t32-,35-,36-,37+,39+,40?,41+,42-,43+,44+,45-,46+,48-,49+,53-/m1/s1. The number of aliphatic hydroxyl groups excluding tert-OH is 1. The monoisotopic (exact) mass is 956 g/mol. The summed E-state index contributed by atoms with van der Waals surface area (Å²) in [5.74, 6) is -7.19. The number of nitrogens with zero attached hydrogens (tertiary/aromatic N) is 1. The molecule has 0 aromatic carbocycles. The molecule has 4 bridgehead atoms. The van der Waals surface area contributed by atoms with E-state index in [1.54, 1.807) is 27.2 Å². The summed E-state index contributed by atoms with van der Waals surface area (Å²) < 4.78 is 42.1. The van der Waals surface area contributed by atoms with Crippen LogP contribution >= 0.6 is 0 Å². The average Bonchev–Trinajstić information content (AvgIpc) is 3.32. The van der Waals surface area contributed by atoms with E-state index in [1.165, 1.54) is 12.0 Å². The fraction of sp³-hybridized carbons (Fsp3) is 0.755. The number of Topliss-reactive ketones (excluding diaryl/α,β-unsaturated/α-hetero) is 3. The summed E-state index contributed by atoms with van der Waals surface area (Å²) in [6.45, 7) is 11.8. The number of hydrogen-bond donors (Lipinski definition) is 2. The minimum absolute atomic E-state index is 0.00440. The van der Waals surface area contributed by atoms with Gasteiger partial charge in [-0.15, -0.1) is 0 Å². The van der Waals surface area contributed by atoms with E-state index < -0.39 is 71.8 Å². The maximum atomic E-state index is 14.5. The molecule has 1 aliphatic carbocycles. The highest BCUT2D eigenvalue weighted by Crippen LogP contribution is 2.45. The molecular formula is C53H81NO14. The van der Waals surface area contributed by atoms with E-state index in [0.717, 1.165) is 12.0 Å². The number of rotatable bonds is 10. The van der Waals surface area contributed by atoms with Gasteiger partial charge >= 0.3 is 5.97 Å². The Kier molecular flexibility index (Phi) is 21.4. The molecule has 15 heteroatoms. The third-order valence-corrected chi connectivity index (χ3v) is 15.3. The molecule has 1 unspecified atom stereocenters. The Morgan fingerprint density at radius 2 is 1.60 bits per heavy atom. The molecule has 68 heavy (non-hydrogen) atoms. The van der Waals surface area contributed by atoms with E-state index in [4.69, 9.17) is 33.2 Å². The molecule has 15 nitrogen and oxygen atoms in total. The molecule has 4 heterocycles. The van der Waals surface area contributed by atoms with Crippen LogP contribution in [0.25, 0.3) is 0 Å². The number of aliphatic hydroxyl groups is 2. The summed E-state index contributed by atoms with van der Waals surface area (Å²) in [6.07, 6.45) is 13.1. The van der Waals surface area contributed by atoms with E-state index in [-0.39, 0.29) is 80.0 Å². The number of allylic oxidation sites excluding steroid dienone is 6. The van der Waals surface area contributed by atoms with E-state index in [1.807, 2.05) is 58.1 Å². The van der Waals surface area contributed by atoms with E-state index in [9.17, 15) is 34.2 Å². The van der Waals surface area contributed by atoms with E-state index in [0.29, 0.717) is 70.0 Å². The van der Waals surface area contributed by atoms with E-state index >= 15 is 0 Å². The number of esters is 1. The summed E-state index contributed by atoms with van der Waals surface area (Å²) in [4.78, 5) is 72.6. The number of ketones is 3. The Balaban J connectivity index is 1.51. The molecule has 0 radical (unpaired) electrons. The number of fused-ring (bicyclic) bond motifs is 4. The maximum absolute atomic E-state index is 14.5. The minimum Gasteiger partial charge on any atom is -0.460 e. The lowest BCUT2D eigenvalue weighted by Crippen LogP contribution is -2.65. The molecule has 5 aliphatic rings. The van der Waals surface area contributed by atoms with Gasteiger partial charge in [0.25, 0.3) is 11.7 Å². The Morgan fingerprint density at radius 1 is 0.838 bits per heavy atom. The zero-order chi connectivity index (χ0) is 49.7. The zero-order valence-electron chi connectivity index (χ0n) is 42.1. The zero-order valence-corrected chi connectivity index (χ0v) is 42.1. The Hall–Kier alpha value is -3.41. The first-order chi connectivity index (χ1) is 32.5. The molecule has 0 aromatic rings. The van der Waals surface area contributed by atoms with Gasteiger partial charge in [0.2, 0.25) is 5.79 Å². The summed E-state index contributed by atoms with van der Waals surface area (Å²) in [5, 5.41) is 21.5. The van der Waals surface area contributed by atoms with Gasteiger partial charge in [-0.25, -0.2) is 4.79 Å². The molecule has 0 spiro atoms. The average molecular weight is 956 g/mol. The van der Waals surface area contributed by atoms with Crippen LogP contribution in [0.4, 0.5) is 0 Å². The van der Waals surface area contributed by atoms with Crippen LogP contribution in [0.1, 0.15) is 119 Å². The quantitative estimate of drug-likeness (QED) is 0.143. The highest BCUT2D eigenvalue weighted by atomic mass is 16.6. The Labute approximate surface area is 404 Å². The van der Waals surface area contributed by atoms with Gasteiger partial charge in [-0.1, -0.05) is 57.2 Å². The molecule has 1 saturated carbocycles. The van der Waals surface area contributed by atoms with Crippen LogP contribution in [-0.2, 0) is 57.1 Å². The second-order valence-corrected chi connectivity index (χ2v) is 20.0. The smallest absolute Gasteiger partial charge is 0.329 e. The van der Waals surface area contributed by atoms with Crippen molar-refractivity contribution in [3.05, 3.63) is 47.6 Å². The first-order valence-corrected chi connectivity index (χ1v) is 25.1. The molecule has 2 N–H and O–H groups in total. The van der Waals surface area contributed by atoms with Crippen molar-refractivity contribution in [3.63, 3.8) is 0 Å². The lowest BCUT2D eigenvalue weighted by Gasteiger charge is -2.50. The molecule has 3 saturated heterocycles. The number of carbonyl (C=O) groups excluding carboxylic acids is 5. The van der Waals surface area contributed by atoms with Gasteiger partial charge in [-0.3, -0.25) is 19.2 Å². The van der Waals surface area contributed by atoms with Crippen molar-refractivity contribution in [1.29, 1.82) is 0 Å². The Bertz CT molecular complexity index is 1840. The van der Waals surface area contributed by atoms with Gasteiger partial charge in [-0.2, -0.15) is 0 Å². The number of piperidine rings is 1. The van der Waals surface area contributed by atoms with Crippen molar-refractivity contribution in [3.8, 4) is 0 Å². The van der Waals surface area contributed by atoms with Crippen molar-refractivity contribution in [1.82, 2.24) is 4.90 Å². The molecule has 0 aromatic heterocycles. The first kappa shape index (κ1) is 55.5. The lowest BCUT2D eigenvalue weighted by atomic mass is 9.68. The molecule has 4 fully saturated rings. The van der Waals surface area contributed by atoms with Crippen LogP contribution in [0.2, 0.25) is 0 Å². The third-order valence-electron chi connectivity index (χ3n) is 15.3. The topological polar surface area (TPSA) is 194 Å². The minimum atomic E-state index is -2.43. The van der Waals surface area contributed by atoms with Gasteiger partial charge in [0.05, 0.1) is 37.6 Å². The highest BCUT2D eigenvalue weighted by Gasteiger charge is 2.57. The molecule has 1 amide bonds. The normalized spacial score (nSPS) is 39.5. The first-order valence-electron chi connectivity index (χ1n) is 25.1. The molecule has 382 valence electrons. The predicted molar refractivity (Wildman–Crippen MR) is 254 cm³/mol. The fourth-order valence-electron chi connectivity index (χ4n) is 11.4. The molecule has 15 atom stereocenters. The summed E-state index contributed by atoms with van der Waals surface area (Å²) in [7, 11) is 4.72. The SMILES string of the molecule is CCO[C@@H]1/C(C)=C/CC(=O)C[C@@H]2OC(=O)[C@@H]3C(CCCN3C(=O)C(=O)[C@]3(O)O[C@@H](CC[C@H]3C)C[C@H](OC)C(C)=C/C=C/C=C/[C@@H](C)C[C@@H](C)C(=O)[C@@H]1OC)[C@@H]2C[C@@H]1CC[C@@H](OCCO)[C@H](OC)C1. The van der Waals surface area contributed by atoms with Crippen molar-refractivity contribution < 1.29 is 67.3 Å². The summed E-state index contributed by atoms with van der Waals surface area (Å²) >= 11 is 0. The third kappa shape index (κ3) is 13.7. The van der Waals surface area contributed by atoms with Crippen molar-refractivity contribution >= 4 is 29.2 Å². The summed E-state index contributed by atoms with van der Waals surface area (Å²) in [5.41, 5.74) is 1.57. The van der Waals surface area contributed by atoms with Crippen LogP contribution < -0.4 is 0 Å². The number of carbonyl (C=O) groups is 5.